The molecule has 1 fully saturated rings. The Labute approximate surface area is 97.7 Å². The summed E-state index contributed by atoms with van der Waals surface area (Å²) in [7, 11) is 0. The van der Waals surface area contributed by atoms with Crippen LogP contribution in [0.25, 0.3) is 0 Å². The van der Waals surface area contributed by atoms with Crippen LogP contribution in [-0.4, -0.2) is 9.55 Å². The zero-order valence-corrected chi connectivity index (χ0v) is 10.5. The van der Waals surface area contributed by atoms with Crippen LogP contribution in [0.1, 0.15) is 31.9 Å². The van der Waals surface area contributed by atoms with E-state index < -0.39 is 0 Å². The summed E-state index contributed by atoms with van der Waals surface area (Å²) in [4.78, 5) is 16.2. The van der Waals surface area contributed by atoms with Gasteiger partial charge in [-0.2, -0.15) is 0 Å². The lowest BCUT2D eigenvalue weighted by atomic mass is 10.2. The zero-order valence-electron chi connectivity index (χ0n) is 8.87. The first kappa shape index (κ1) is 10.9. The van der Waals surface area contributed by atoms with E-state index in [0.29, 0.717) is 10.4 Å². The molecule has 0 N–H and O–H groups in total. The molecule has 3 nitrogen and oxygen atoms in total. The third-order valence-electron chi connectivity index (χ3n) is 2.69. The largest absolute Gasteiger partial charge is 0.298 e. The number of aromatic nitrogens is 2. The number of aryl methyl sites for hydroxylation is 1. The van der Waals surface area contributed by atoms with Gasteiger partial charge in [0.2, 0.25) is 0 Å². The van der Waals surface area contributed by atoms with Crippen molar-refractivity contribution in [2.24, 2.45) is 5.92 Å². The normalized spacial score (nSPS) is 15.6. The molecule has 0 aromatic carbocycles. The molecule has 1 heterocycles. The quantitative estimate of drug-likeness (QED) is 0.842. The minimum Gasteiger partial charge on any atom is -0.298 e. The predicted molar refractivity (Wildman–Crippen MR) is 62.9 cm³/mol. The van der Waals surface area contributed by atoms with Crippen molar-refractivity contribution < 1.29 is 0 Å². The average Bonchev–Trinajstić information content (AvgIpc) is 3.02. The number of halogens is 1. The third kappa shape index (κ3) is 2.48. The minimum absolute atomic E-state index is 0.0698. The van der Waals surface area contributed by atoms with Gasteiger partial charge in [-0.25, -0.2) is 4.98 Å². The molecule has 0 spiro atoms. The Kier molecular flexibility index (Phi) is 3.24. The molecule has 0 atom stereocenters. The van der Waals surface area contributed by atoms with Crippen molar-refractivity contribution >= 4 is 15.9 Å². The van der Waals surface area contributed by atoms with Crippen molar-refractivity contribution in [3.8, 4) is 0 Å². The van der Waals surface area contributed by atoms with E-state index in [0.717, 1.165) is 25.1 Å². The summed E-state index contributed by atoms with van der Waals surface area (Å²) in [6.07, 6.45) is 6.07. The third-order valence-corrected chi connectivity index (χ3v) is 3.49. The molecule has 82 valence electrons. The zero-order chi connectivity index (χ0) is 10.8. The van der Waals surface area contributed by atoms with Crippen molar-refractivity contribution in [1.82, 2.24) is 9.55 Å². The fourth-order valence-corrected chi connectivity index (χ4v) is 2.15. The van der Waals surface area contributed by atoms with Gasteiger partial charge in [0.25, 0.3) is 5.56 Å². The van der Waals surface area contributed by atoms with Crippen LogP contribution >= 0.6 is 15.9 Å². The van der Waals surface area contributed by atoms with Crippen LogP contribution < -0.4 is 5.56 Å². The fourth-order valence-electron chi connectivity index (χ4n) is 1.62. The van der Waals surface area contributed by atoms with Crippen molar-refractivity contribution in [2.75, 3.05) is 0 Å². The molecule has 0 unspecified atom stereocenters. The van der Waals surface area contributed by atoms with Gasteiger partial charge in [-0.15, -0.1) is 0 Å². The van der Waals surface area contributed by atoms with Crippen LogP contribution in [0, 0.1) is 5.92 Å². The molecule has 1 saturated carbocycles. The minimum atomic E-state index is 0.0698. The Morgan fingerprint density at radius 3 is 2.93 bits per heavy atom. The van der Waals surface area contributed by atoms with Crippen LogP contribution in [0.3, 0.4) is 0 Å². The maximum absolute atomic E-state index is 11.9. The number of hydrogen-bond acceptors (Lipinski definition) is 2. The number of rotatable bonds is 4. The topological polar surface area (TPSA) is 34.9 Å². The predicted octanol–water partition coefficient (Wildman–Crippen LogP) is 2.37. The van der Waals surface area contributed by atoms with Crippen molar-refractivity contribution in [2.45, 2.75) is 39.2 Å². The van der Waals surface area contributed by atoms with E-state index in [1.165, 1.54) is 12.8 Å². The molecule has 1 aromatic heterocycles. The van der Waals surface area contributed by atoms with Gasteiger partial charge in [0.15, 0.2) is 0 Å². The first-order chi connectivity index (χ1) is 7.22. The van der Waals surface area contributed by atoms with E-state index in [1.807, 2.05) is 0 Å². The maximum atomic E-state index is 11.9. The maximum Gasteiger partial charge on any atom is 0.267 e. The van der Waals surface area contributed by atoms with E-state index in [2.05, 4.69) is 27.8 Å². The summed E-state index contributed by atoms with van der Waals surface area (Å²) >= 11 is 3.35. The number of nitrogens with zero attached hydrogens (tertiary/aromatic N) is 2. The lowest BCUT2D eigenvalue weighted by Crippen LogP contribution is -2.23. The fraction of sp³-hybridized carbons (Fsp3) is 0.636. The van der Waals surface area contributed by atoms with Gasteiger partial charge >= 0.3 is 0 Å². The highest BCUT2D eigenvalue weighted by atomic mass is 79.9. The monoisotopic (exact) mass is 270 g/mol. The molecule has 1 aliphatic carbocycles. The molecule has 4 heteroatoms. The van der Waals surface area contributed by atoms with E-state index in [1.54, 1.807) is 10.9 Å². The Morgan fingerprint density at radius 2 is 2.33 bits per heavy atom. The van der Waals surface area contributed by atoms with Crippen LogP contribution in [0.5, 0.6) is 0 Å². The molecule has 0 amide bonds. The standard InChI is InChI=1S/C11H15BrN2O/c1-2-3-9-10(12)11(15)14(7-13-9)6-8-4-5-8/h7-8H,2-6H2,1H3. The molecule has 0 radical (unpaired) electrons. The van der Waals surface area contributed by atoms with E-state index in [4.69, 9.17) is 0 Å². The second-order valence-electron chi connectivity index (χ2n) is 4.16. The molecule has 0 saturated heterocycles. The summed E-state index contributed by atoms with van der Waals surface area (Å²) in [5.74, 6) is 0.702. The smallest absolute Gasteiger partial charge is 0.267 e. The molecule has 1 aliphatic rings. The van der Waals surface area contributed by atoms with Gasteiger partial charge in [-0.1, -0.05) is 13.3 Å². The second-order valence-corrected chi connectivity index (χ2v) is 4.95. The molecule has 15 heavy (non-hydrogen) atoms. The van der Waals surface area contributed by atoms with Crippen LogP contribution in [-0.2, 0) is 13.0 Å². The highest BCUT2D eigenvalue weighted by molar-refractivity contribution is 9.10. The molecular formula is C11H15BrN2O. The molecule has 0 bridgehead atoms. The molecule has 0 aliphatic heterocycles. The van der Waals surface area contributed by atoms with Gasteiger partial charge < -0.3 is 0 Å². The summed E-state index contributed by atoms with van der Waals surface area (Å²) < 4.78 is 2.37. The Balaban J connectivity index is 2.26. The SMILES string of the molecule is CCCc1ncn(CC2CC2)c(=O)c1Br. The van der Waals surface area contributed by atoms with Gasteiger partial charge in [0.1, 0.15) is 4.47 Å². The summed E-state index contributed by atoms with van der Waals surface area (Å²) in [6.45, 7) is 2.92. The van der Waals surface area contributed by atoms with Crippen molar-refractivity contribution in [3.63, 3.8) is 0 Å². The first-order valence-electron chi connectivity index (χ1n) is 5.46. The van der Waals surface area contributed by atoms with E-state index in [-0.39, 0.29) is 5.56 Å². The Morgan fingerprint density at radius 1 is 1.60 bits per heavy atom. The van der Waals surface area contributed by atoms with Gasteiger partial charge in [-0.3, -0.25) is 9.36 Å². The lowest BCUT2D eigenvalue weighted by Gasteiger charge is -2.07. The summed E-state index contributed by atoms with van der Waals surface area (Å²) in [6, 6.07) is 0. The van der Waals surface area contributed by atoms with Gasteiger partial charge in [-0.05, 0) is 41.1 Å². The highest BCUT2D eigenvalue weighted by Crippen LogP contribution is 2.30. The first-order valence-corrected chi connectivity index (χ1v) is 6.25. The average molecular weight is 271 g/mol. The molecular weight excluding hydrogens is 256 g/mol. The Hall–Kier alpha value is -0.640. The van der Waals surface area contributed by atoms with E-state index >= 15 is 0 Å². The molecule has 1 aromatic rings. The Bertz CT molecular complexity index is 410. The van der Waals surface area contributed by atoms with Gasteiger partial charge in [0.05, 0.1) is 12.0 Å². The van der Waals surface area contributed by atoms with Gasteiger partial charge in [0, 0.05) is 6.54 Å². The van der Waals surface area contributed by atoms with E-state index in [9.17, 15) is 4.79 Å². The summed E-state index contributed by atoms with van der Waals surface area (Å²) in [5.41, 5.74) is 0.954. The lowest BCUT2D eigenvalue weighted by molar-refractivity contribution is 0.588. The second kappa shape index (κ2) is 4.47. The van der Waals surface area contributed by atoms with Crippen molar-refractivity contribution in [1.29, 1.82) is 0 Å². The molecule has 2 rings (SSSR count). The van der Waals surface area contributed by atoms with Crippen LogP contribution in [0.15, 0.2) is 15.6 Å². The summed E-state index contributed by atoms with van der Waals surface area (Å²) in [5, 5.41) is 0. The highest BCUT2D eigenvalue weighted by Gasteiger charge is 2.22. The van der Waals surface area contributed by atoms with Crippen LogP contribution in [0.4, 0.5) is 0 Å². The van der Waals surface area contributed by atoms with Crippen LogP contribution in [0.2, 0.25) is 0 Å². The van der Waals surface area contributed by atoms with Crippen molar-refractivity contribution in [3.05, 3.63) is 26.8 Å². The number of hydrogen-bond donors (Lipinski definition) is 0.